The van der Waals surface area contributed by atoms with Crippen molar-refractivity contribution in [2.24, 2.45) is 0 Å². The molecule has 18 heavy (non-hydrogen) atoms. The van der Waals surface area contributed by atoms with Crippen molar-refractivity contribution in [3.8, 4) is 0 Å². The molecule has 0 aliphatic carbocycles. The zero-order valence-electron chi connectivity index (χ0n) is 9.84. The quantitative estimate of drug-likeness (QED) is 0.365. The molecule has 0 atom stereocenters. The molecule has 0 saturated carbocycles. The Morgan fingerprint density at radius 3 is 2.56 bits per heavy atom. The number of benzene rings is 1. The number of aryl methyl sites for hydroxylation is 2. The van der Waals surface area contributed by atoms with Crippen molar-refractivity contribution in [1.29, 1.82) is 0 Å². The second-order valence-corrected chi connectivity index (χ2v) is 7.23. The van der Waals surface area contributed by atoms with Crippen LogP contribution in [0, 0.1) is 13.8 Å². The average Bonchev–Trinajstić information content (AvgIpc) is 2.29. The highest BCUT2D eigenvalue weighted by Crippen LogP contribution is 2.29. The fourth-order valence-electron chi connectivity index (χ4n) is 1.45. The summed E-state index contributed by atoms with van der Waals surface area (Å²) in [5, 5.41) is 12.0. The molecule has 1 N–H and O–H groups in total. The minimum Gasteiger partial charge on any atom is -0.224 e. The maximum absolute atomic E-state index is 12.0. The molecule has 8 heteroatoms. The molecule has 1 aromatic rings. The van der Waals surface area contributed by atoms with Crippen LogP contribution in [-0.2, 0) is 19.2 Å². The van der Waals surface area contributed by atoms with E-state index in [1.54, 1.807) is 26.0 Å². The number of halogens is 1. The first-order valence-corrected chi connectivity index (χ1v) is 8.48. The lowest BCUT2D eigenvalue weighted by atomic mass is 10.2. The minimum absolute atomic E-state index is 0.0516. The molecule has 102 valence electrons. The van der Waals surface area contributed by atoms with E-state index in [2.05, 4.69) is 25.3 Å². The number of rotatable bonds is 6. The maximum atomic E-state index is 12.0. The van der Waals surface area contributed by atoms with Crippen LogP contribution in [0.1, 0.15) is 11.1 Å². The fourth-order valence-corrected chi connectivity index (χ4v) is 4.58. The summed E-state index contributed by atoms with van der Waals surface area (Å²) in [6.07, 6.45) is 0. The van der Waals surface area contributed by atoms with Crippen LogP contribution in [-0.4, -0.2) is 24.8 Å². The lowest BCUT2D eigenvalue weighted by molar-refractivity contribution is -0.432. The van der Waals surface area contributed by atoms with Gasteiger partial charge >= 0.3 is 0 Å². The fraction of sp³-hybridized carbons (Fsp3) is 0.400. The van der Waals surface area contributed by atoms with Crippen LogP contribution in [0.15, 0.2) is 21.9 Å². The van der Waals surface area contributed by atoms with Crippen LogP contribution in [0.3, 0.4) is 0 Å². The van der Waals surface area contributed by atoms with Gasteiger partial charge in [0.25, 0.3) is 0 Å². The van der Waals surface area contributed by atoms with Gasteiger partial charge in [-0.25, -0.2) is 13.7 Å². The molecule has 0 bridgehead atoms. The number of hydrogen-bond donors (Lipinski definition) is 1. The normalized spacial score (nSPS) is 11.8. The summed E-state index contributed by atoms with van der Waals surface area (Å²) >= 11 is 3.94. The first-order valence-electron chi connectivity index (χ1n) is 4.97. The van der Waals surface area contributed by atoms with E-state index in [0.29, 0.717) is 20.7 Å². The molecule has 0 spiro atoms. The highest BCUT2D eigenvalue weighted by Gasteiger charge is 2.18. The van der Waals surface area contributed by atoms with Gasteiger partial charge in [-0.1, -0.05) is 21.0 Å². The zero-order valence-corrected chi connectivity index (χ0v) is 13.1. The van der Waals surface area contributed by atoms with E-state index in [4.69, 9.17) is 5.26 Å². The van der Waals surface area contributed by atoms with Crippen LogP contribution >= 0.6 is 28.0 Å². The van der Waals surface area contributed by atoms with Crippen LogP contribution in [0.2, 0.25) is 0 Å². The Hall–Kier alpha value is -0.120. The Labute approximate surface area is 119 Å². The van der Waals surface area contributed by atoms with Crippen molar-refractivity contribution in [2.45, 2.75) is 23.6 Å². The molecule has 0 heterocycles. The number of hydrogen-bond acceptors (Lipinski definition) is 6. The van der Waals surface area contributed by atoms with Crippen molar-refractivity contribution >= 4 is 37.8 Å². The van der Waals surface area contributed by atoms with Crippen LogP contribution < -0.4 is 0 Å². The summed E-state index contributed by atoms with van der Waals surface area (Å²) < 4.78 is 28.3. The highest BCUT2D eigenvalue weighted by atomic mass is 79.9. The molecule has 1 rings (SSSR count). The van der Waals surface area contributed by atoms with Crippen molar-refractivity contribution < 1.29 is 23.0 Å². The smallest absolute Gasteiger partial charge is 0.179 e. The van der Waals surface area contributed by atoms with Gasteiger partial charge in [-0.05, 0) is 37.1 Å². The minimum atomic E-state index is -3.28. The SMILES string of the molecule is Cc1cc(S(=O)(=O)CCBr)c(C)cc1SOOO. The second kappa shape index (κ2) is 6.88. The molecule has 0 unspecified atom stereocenters. The summed E-state index contributed by atoms with van der Waals surface area (Å²) in [7, 11) is -3.28. The molecule has 0 fully saturated rings. The molecule has 5 nitrogen and oxygen atoms in total. The van der Waals surface area contributed by atoms with E-state index in [1.807, 2.05) is 0 Å². The summed E-state index contributed by atoms with van der Waals surface area (Å²) in [4.78, 5) is 0.994. The van der Waals surface area contributed by atoms with E-state index >= 15 is 0 Å². The molecule has 0 amide bonds. The van der Waals surface area contributed by atoms with Crippen LogP contribution in [0.4, 0.5) is 0 Å². The van der Waals surface area contributed by atoms with Gasteiger partial charge in [-0.15, -0.1) is 4.33 Å². The third kappa shape index (κ3) is 3.94. The Bertz CT molecular complexity index is 515. The first-order chi connectivity index (χ1) is 8.42. The predicted molar refractivity (Wildman–Crippen MR) is 72.4 cm³/mol. The van der Waals surface area contributed by atoms with Gasteiger partial charge in [0.15, 0.2) is 9.84 Å². The van der Waals surface area contributed by atoms with Crippen molar-refractivity contribution in [2.75, 3.05) is 11.1 Å². The molecular weight excluding hydrogens is 344 g/mol. The van der Waals surface area contributed by atoms with E-state index in [9.17, 15) is 8.42 Å². The van der Waals surface area contributed by atoms with Gasteiger partial charge in [-0.3, -0.25) is 0 Å². The molecule has 0 aliphatic rings. The second-order valence-electron chi connectivity index (χ2n) is 3.62. The third-order valence-electron chi connectivity index (χ3n) is 2.31. The van der Waals surface area contributed by atoms with Crippen LogP contribution in [0.5, 0.6) is 0 Å². The summed E-state index contributed by atoms with van der Waals surface area (Å²) in [5.41, 5.74) is 1.36. The average molecular weight is 357 g/mol. The lowest BCUT2D eigenvalue weighted by Gasteiger charge is -2.10. The van der Waals surface area contributed by atoms with Gasteiger partial charge in [0, 0.05) is 10.2 Å². The Morgan fingerprint density at radius 2 is 2.00 bits per heavy atom. The van der Waals surface area contributed by atoms with Crippen molar-refractivity contribution in [3.05, 3.63) is 23.3 Å². The Morgan fingerprint density at radius 1 is 1.33 bits per heavy atom. The van der Waals surface area contributed by atoms with Gasteiger partial charge in [-0.2, -0.15) is 0 Å². The molecule has 1 aromatic carbocycles. The van der Waals surface area contributed by atoms with Gasteiger partial charge in [0.1, 0.15) is 0 Å². The van der Waals surface area contributed by atoms with Gasteiger partial charge < -0.3 is 0 Å². The standard InChI is InChI=1S/C10H13BrO5S2/c1-7-6-10(18(13,14)4-3-11)8(2)5-9(7)17-16-15-12/h5-6,12H,3-4H2,1-2H3. The molecule has 0 radical (unpaired) electrons. The van der Waals surface area contributed by atoms with E-state index in [1.165, 1.54) is 0 Å². The van der Waals surface area contributed by atoms with Crippen LogP contribution in [0.25, 0.3) is 0 Å². The first kappa shape index (κ1) is 15.9. The van der Waals surface area contributed by atoms with Crippen molar-refractivity contribution in [1.82, 2.24) is 0 Å². The van der Waals surface area contributed by atoms with E-state index in [-0.39, 0.29) is 5.75 Å². The topological polar surface area (TPSA) is 72.8 Å². The third-order valence-corrected chi connectivity index (χ3v) is 5.83. The zero-order chi connectivity index (χ0) is 13.8. The lowest BCUT2D eigenvalue weighted by Crippen LogP contribution is -2.10. The molecule has 0 aliphatic heterocycles. The van der Waals surface area contributed by atoms with Crippen molar-refractivity contribution in [3.63, 3.8) is 0 Å². The predicted octanol–water partition coefficient (Wildman–Crippen LogP) is 2.90. The molecule has 0 saturated heterocycles. The number of sulfone groups is 1. The monoisotopic (exact) mass is 356 g/mol. The van der Waals surface area contributed by atoms with Gasteiger partial charge in [0.05, 0.1) is 22.7 Å². The Balaban J connectivity index is 3.15. The van der Waals surface area contributed by atoms with E-state index < -0.39 is 9.84 Å². The highest BCUT2D eigenvalue weighted by molar-refractivity contribution is 9.09. The van der Waals surface area contributed by atoms with Gasteiger partial charge in [0.2, 0.25) is 0 Å². The number of alkyl halides is 1. The maximum Gasteiger partial charge on any atom is 0.179 e. The Kier molecular flexibility index (Phi) is 6.09. The largest absolute Gasteiger partial charge is 0.224 e. The molecular formula is C10H13BrO5S2. The summed E-state index contributed by atoms with van der Waals surface area (Å²) in [6, 6.07) is 3.27. The summed E-state index contributed by atoms with van der Waals surface area (Å²) in [5.74, 6) is 0.0516. The summed E-state index contributed by atoms with van der Waals surface area (Å²) in [6.45, 7) is 3.47. The van der Waals surface area contributed by atoms with E-state index in [0.717, 1.165) is 17.6 Å². The molecule has 0 aromatic heterocycles.